The van der Waals surface area contributed by atoms with E-state index in [1.165, 1.54) is 6.21 Å². The number of anilines is 2. The van der Waals surface area contributed by atoms with Crippen LogP contribution in [0.15, 0.2) is 24.3 Å². The molecule has 0 aliphatic carbocycles. The minimum atomic E-state index is 0.408. The molecule has 0 amide bonds. The topological polar surface area (TPSA) is 74.1 Å². The van der Waals surface area contributed by atoms with Crippen molar-refractivity contribution in [2.24, 2.45) is 0 Å². The third-order valence-corrected chi connectivity index (χ3v) is 3.94. The molecule has 6 nitrogen and oxygen atoms in total. The SMILES string of the molecule is CNc1ccc(-c2cc(Cl)nc(N3CCOCC3)n2)cc1C=N. The molecule has 2 aromatic rings. The van der Waals surface area contributed by atoms with Crippen LogP contribution in [0.3, 0.4) is 0 Å². The largest absolute Gasteiger partial charge is 0.388 e. The van der Waals surface area contributed by atoms with Crippen LogP contribution in [0.1, 0.15) is 5.56 Å². The molecule has 1 saturated heterocycles. The lowest BCUT2D eigenvalue weighted by Gasteiger charge is -2.27. The summed E-state index contributed by atoms with van der Waals surface area (Å²) in [6, 6.07) is 7.55. The molecule has 0 bridgehead atoms. The number of benzene rings is 1. The van der Waals surface area contributed by atoms with E-state index in [2.05, 4.69) is 20.2 Å². The van der Waals surface area contributed by atoms with E-state index in [-0.39, 0.29) is 0 Å². The van der Waals surface area contributed by atoms with Crippen molar-refractivity contribution in [2.45, 2.75) is 0 Å². The first-order chi connectivity index (χ1) is 11.2. The van der Waals surface area contributed by atoms with Crippen LogP contribution in [-0.2, 0) is 4.74 Å². The first-order valence-corrected chi connectivity index (χ1v) is 7.79. The highest BCUT2D eigenvalue weighted by Gasteiger charge is 2.16. The Morgan fingerprint density at radius 3 is 2.74 bits per heavy atom. The first kappa shape index (κ1) is 15.7. The zero-order valence-electron chi connectivity index (χ0n) is 12.8. The summed E-state index contributed by atoms with van der Waals surface area (Å²) in [6.07, 6.45) is 1.32. The lowest BCUT2D eigenvalue weighted by molar-refractivity contribution is 0.122. The molecule has 23 heavy (non-hydrogen) atoms. The van der Waals surface area contributed by atoms with E-state index in [0.29, 0.717) is 24.3 Å². The van der Waals surface area contributed by atoms with Gasteiger partial charge in [0.1, 0.15) is 5.15 Å². The third kappa shape index (κ3) is 3.43. The molecule has 2 N–H and O–H groups in total. The lowest BCUT2D eigenvalue weighted by Crippen LogP contribution is -2.37. The van der Waals surface area contributed by atoms with E-state index in [1.807, 2.05) is 25.2 Å². The fourth-order valence-electron chi connectivity index (χ4n) is 2.53. The fraction of sp³-hybridized carbons (Fsp3) is 0.312. The maximum atomic E-state index is 7.55. The van der Waals surface area contributed by atoms with Crippen molar-refractivity contribution in [3.05, 3.63) is 35.0 Å². The van der Waals surface area contributed by atoms with Crippen LogP contribution in [0.25, 0.3) is 11.3 Å². The van der Waals surface area contributed by atoms with Gasteiger partial charge in [-0.15, -0.1) is 0 Å². The lowest BCUT2D eigenvalue weighted by atomic mass is 10.1. The average Bonchev–Trinajstić information content (AvgIpc) is 2.61. The first-order valence-electron chi connectivity index (χ1n) is 7.41. The minimum Gasteiger partial charge on any atom is -0.388 e. The number of rotatable bonds is 4. The molecule has 2 heterocycles. The highest BCUT2D eigenvalue weighted by molar-refractivity contribution is 6.29. The highest BCUT2D eigenvalue weighted by Crippen LogP contribution is 2.26. The number of ether oxygens (including phenoxy) is 1. The van der Waals surface area contributed by atoms with Crippen molar-refractivity contribution >= 4 is 29.5 Å². The number of aromatic nitrogens is 2. The summed E-state index contributed by atoms with van der Waals surface area (Å²) in [7, 11) is 1.83. The predicted octanol–water partition coefficient (Wildman–Crippen LogP) is 2.67. The van der Waals surface area contributed by atoms with Crippen molar-refractivity contribution in [2.75, 3.05) is 43.6 Å². The van der Waals surface area contributed by atoms with Gasteiger partial charge in [0.25, 0.3) is 0 Å². The van der Waals surface area contributed by atoms with Gasteiger partial charge in [-0.05, 0) is 12.1 Å². The summed E-state index contributed by atoms with van der Waals surface area (Å²) in [5, 5.41) is 11.0. The highest BCUT2D eigenvalue weighted by atomic mass is 35.5. The summed E-state index contributed by atoms with van der Waals surface area (Å²) in [4.78, 5) is 11.0. The van der Waals surface area contributed by atoms with Crippen molar-refractivity contribution in [3.63, 3.8) is 0 Å². The Balaban J connectivity index is 1.99. The van der Waals surface area contributed by atoms with Gasteiger partial charge in [-0.3, -0.25) is 0 Å². The Morgan fingerprint density at radius 1 is 1.26 bits per heavy atom. The molecular formula is C16H18ClN5O. The Hall–Kier alpha value is -2.18. The number of nitrogens with zero attached hydrogens (tertiary/aromatic N) is 3. The van der Waals surface area contributed by atoms with E-state index >= 15 is 0 Å². The molecule has 1 aromatic heterocycles. The van der Waals surface area contributed by atoms with Crippen LogP contribution in [0.5, 0.6) is 0 Å². The molecule has 0 spiro atoms. The van der Waals surface area contributed by atoms with Crippen LogP contribution in [0, 0.1) is 5.41 Å². The van der Waals surface area contributed by atoms with Gasteiger partial charge in [0.15, 0.2) is 0 Å². The van der Waals surface area contributed by atoms with E-state index in [0.717, 1.165) is 35.6 Å². The standard InChI is InChI=1S/C16H18ClN5O/c1-19-13-3-2-11(8-12(13)10-18)14-9-15(17)21-16(20-14)22-4-6-23-7-5-22/h2-3,8-10,18-19H,4-7H2,1H3. The quantitative estimate of drug-likeness (QED) is 0.665. The van der Waals surface area contributed by atoms with Crippen LogP contribution in [0.2, 0.25) is 5.15 Å². The Bertz CT molecular complexity index is 716. The Kier molecular flexibility index (Phi) is 4.73. The summed E-state index contributed by atoms with van der Waals surface area (Å²) in [6.45, 7) is 2.84. The maximum Gasteiger partial charge on any atom is 0.227 e. The molecular weight excluding hydrogens is 314 g/mol. The van der Waals surface area contributed by atoms with Crippen molar-refractivity contribution in [3.8, 4) is 11.3 Å². The van der Waals surface area contributed by atoms with E-state index in [9.17, 15) is 0 Å². The molecule has 120 valence electrons. The van der Waals surface area contributed by atoms with Gasteiger partial charge in [0, 0.05) is 49.2 Å². The van der Waals surface area contributed by atoms with Crippen LogP contribution in [-0.4, -0.2) is 49.5 Å². The van der Waals surface area contributed by atoms with Gasteiger partial charge in [-0.2, -0.15) is 0 Å². The van der Waals surface area contributed by atoms with Crippen LogP contribution >= 0.6 is 11.6 Å². The number of hydrogen-bond acceptors (Lipinski definition) is 6. The molecule has 0 unspecified atom stereocenters. The number of hydrogen-bond donors (Lipinski definition) is 2. The van der Waals surface area contributed by atoms with Gasteiger partial charge >= 0.3 is 0 Å². The molecule has 3 rings (SSSR count). The van der Waals surface area contributed by atoms with Gasteiger partial charge in [0.2, 0.25) is 5.95 Å². The summed E-state index contributed by atoms with van der Waals surface area (Å²) < 4.78 is 5.36. The average molecular weight is 332 g/mol. The second-order valence-corrected chi connectivity index (χ2v) is 5.56. The van der Waals surface area contributed by atoms with Gasteiger partial charge < -0.3 is 20.4 Å². The smallest absolute Gasteiger partial charge is 0.227 e. The monoisotopic (exact) mass is 331 g/mol. The Labute approximate surface area is 140 Å². The molecule has 1 aliphatic rings. The minimum absolute atomic E-state index is 0.408. The fourth-order valence-corrected chi connectivity index (χ4v) is 2.71. The van der Waals surface area contributed by atoms with Gasteiger partial charge in [0.05, 0.1) is 18.9 Å². The maximum absolute atomic E-state index is 7.55. The van der Waals surface area contributed by atoms with Crippen molar-refractivity contribution < 1.29 is 4.74 Å². The van der Waals surface area contributed by atoms with Crippen LogP contribution < -0.4 is 10.2 Å². The number of morpholine rings is 1. The second-order valence-electron chi connectivity index (χ2n) is 5.17. The normalized spacial score (nSPS) is 14.6. The van der Waals surface area contributed by atoms with Crippen molar-refractivity contribution in [1.29, 1.82) is 5.41 Å². The summed E-state index contributed by atoms with van der Waals surface area (Å²) >= 11 is 6.19. The molecule has 1 aromatic carbocycles. The van der Waals surface area contributed by atoms with E-state index < -0.39 is 0 Å². The van der Waals surface area contributed by atoms with Gasteiger partial charge in [-0.1, -0.05) is 17.7 Å². The van der Waals surface area contributed by atoms with E-state index in [1.54, 1.807) is 6.07 Å². The van der Waals surface area contributed by atoms with Gasteiger partial charge in [-0.25, -0.2) is 9.97 Å². The second kappa shape index (κ2) is 6.93. The molecule has 0 atom stereocenters. The molecule has 1 aliphatic heterocycles. The molecule has 1 fully saturated rings. The molecule has 7 heteroatoms. The van der Waals surface area contributed by atoms with E-state index in [4.69, 9.17) is 21.7 Å². The Morgan fingerprint density at radius 2 is 2.04 bits per heavy atom. The number of halogens is 1. The van der Waals surface area contributed by atoms with Crippen molar-refractivity contribution in [1.82, 2.24) is 9.97 Å². The zero-order chi connectivity index (χ0) is 16.2. The summed E-state index contributed by atoms with van der Waals surface area (Å²) in [5.41, 5.74) is 3.35. The molecule has 0 radical (unpaired) electrons. The number of nitrogens with one attached hydrogen (secondary N) is 2. The predicted molar refractivity (Wildman–Crippen MR) is 92.9 cm³/mol. The zero-order valence-corrected chi connectivity index (χ0v) is 13.6. The third-order valence-electron chi connectivity index (χ3n) is 3.75. The molecule has 0 saturated carbocycles. The summed E-state index contributed by atoms with van der Waals surface area (Å²) in [5.74, 6) is 0.616. The van der Waals surface area contributed by atoms with Crippen LogP contribution in [0.4, 0.5) is 11.6 Å².